The number of nitrogens with zero attached hydrogens (tertiary/aromatic N) is 2. The summed E-state index contributed by atoms with van der Waals surface area (Å²) < 4.78 is 11.8. The highest BCUT2D eigenvalue weighted by atomic mass is 16.7. The average molecular weight is 250 g/mol. The lowest BCUT2D eigenvalue weighted by Gasteiger charge is -2.32. The van der Waals surface area contributed by atoms with E-state index in [2.05, 4.69) is 9.97 Å². The third-order valence-electron chi connectivity index (χ3n) is 3.61. The van der Waals surface area contributed by atoms with Crippen LogP contribution in [0.3, 0.4) is 0 Å². The maximum absolute atomic E-state index is 5.89. The molecule has 1 saturated heterocycles. The maximum atomic E-state index is 5.89. The van der Waals surface area contributed by atoms with Crippen LogP contribution in [0.15, 0.2) is 0 Å². The van der Waals surface area contributed by atoms with E-state index in [1.54, 1.807) is 6.92 Å². The summed E-state index contributed by atoms with van der Waals surface area (Å²) in [6.07, 6.45) is 0. The fourth-order valence-electron chi connectivity index (χ4n) is 1.83. The Labute approximate surface area is 107 Å². The lowest BCUT2D eigenvalue weighted by molar-refractivity contribution is 0.00578. The summed E-state index contributed by atoms with van der Waals surface area (Å²) >= 11 is 0. The van der Waals surface area contributed by atoms with Gasteiger partial charge in [-0.15, -0.1) is 0 Å². The Balaban J connectivity index is 2.42. The third kappa shape index (κ3) is 1.93. The van der Waals surface area contributed by atoms with Crippen molar-refractivity contribution in [3.05, 3.63) is 5.82 Å². The Hall–Kier alpha value is -1.34. The first kappa shape index (κ1) is 13.1. The minimum atomic E-state index is -0.629. The summed E-state index contributed by atoms with van der Waals surface area (Å²) in [5, 5.41) is 0. The molecule has 0 amide bonds. The Kier molecular flexibility index (Phi) is 2.79. The van der Waals surface area contributed by atoms with Gasteiger partial charge in [0, 0.05) is 0 Å². The van der Waals surface area contributed by atoms with Crippen molar-refractivity contribution >= 4 is 24.2 Å². The quantitative estimate of drug-likeness (QED) is 0.693. The summed E-state index contributed by atoms with van der Waals surface area (Å²) in [6, 6.07) is 0. The molecule has 0 aromatic carbocycles. The van der Waals surface area contributed by atoms with Crippen molar-refractivity contribution < 1.29 is 9.31 Å². The molecule has 0 saturated carbocycles. The molecule has 1 fully saturated rings. The van der Waals surface area contributed by atoms with Crippen LogP contribution in [0.2, 0.25) is 0 Å². The van der Waals surface area contributed by atoms with E-state index >= 15 is 0 Å². The predicted molar refractivity (Wildman–Crippen MR) is 71.3 cm³/mol. The van der Waals surface area contributed by atoms with E-state index in [1.807, 2.05) is 27.7 Å². The van der Waals surface area contributed by atoms with Crippen LogP contribution in [0.1, 0.15) is 33.5 Å². The second kappa shape index (κ2) is 3.83. The van der Waals surface area contributed by atoms with Crippen molar-refractivity contribution in [2.75, 3.05) is 11.5 Å². The molecule has 0 spiro atoms. The summed E-state index contributed by atoms with van der Waals surface area (Å²) in [6.45, 7) is 9.60. The van der Waals surface area contributed by atoms with Crippen molar-refractivity contribution in [2.45, 2.75) is 45.8 Å². The highest BCUT2D eigenvalue weighted by Crippen LogP contribution is 2.37. The third-order valence-corrected chi connectivity index (χ3v) is 3.61. The van der Waals surface area contributed by atoms with Crippen LogP contribution in [0.5, 0.6) is 0 Å². The summed E-state index contributed by atoms with van der Waals surface area (Å²) in [4.78, 5) is 8.20. The molecule has 7 heteroatoms. The van der Waals surface area contributed by atoms with Gasteiger partial charge in [0.1, 0.15) is 17.5 Å². The monoisotopic (exact) mass is 250 g/mol. The fourth-order valence-corrected chi connectivity index (χ4v) is 1.83. The van der Waals surface area contributed by atoms with Gasteiger partial charge in [0.05, 0.1) is 16.7 Å². The van der Waals surface area contributed by atoms with Gasteiger partial charge in [-0.1, -0.05) is 0 Å². The standard InChI is InChI=1S/C11H19BN4O2/c1-6-15-8(13)7(9(14)16-6)12-17-10(2,3)11(4,5)18-12/h1-5H3,(H4,13,14,15,16). The van der Waals surface area contributed by atoms with Gasteiger partial charge in [0.15, 0.2) is 0 Å². The summed E-state index contributed by atoms with van der Waals surface area (Å²) in [7, 11) is -0.629. The highest BCUT2D eigenvalue weighted by Gasteiger charge is 2.53. The van der Waals surface area contributed by atoms with Crippen molar-refractivity contribution in [1.29, 1.82) is 0 Å². The zero-order valence-electron chi connectivity index (χ0n) is 11.4. The zero-order chi connectivity index (χ0) is 13.7. The van der Waals surface area contributed by atoms with E-state index in [-0.39, 0.29) is 0 Å². The van der Waals surface area contributed by atoms with Gasteiger partial charge < -0.3 is 20.8 Å². The molecule has 0 radical (unpaired) electrons. The summed E-state index contributed by atoms with van der Waals surface area (Å²) in [5.74, 6) is 1.14. The topological polar surface area (TPSA) is 96.3 Å². The van der Waals surface area contributed by atoms with Gasteiger partial charge in [0.25, 0.3) is 0 Å². The molecule has 2 rings (SSSR count). The number of hydrogen-bond acceptors (Lipinski definition) is 6. The SMILES string of the molecule is Cc1nc(N)c(B2OC(C)(C)C(C)(C)O2)c(N)n1. The molecule has 2 heterocycles. The second-order valence-corrected chi connectivity index (χ2v) is 5.54. The zero-order valence-corrected chi connectivity index (χ0v) is 11.4. The van der Waals surface area contributed by atoms with Crippen molar-refractivity contribution in [2.24, 2.45) is 0 Å². The predicted octanol–water partition coefficient (Wildman–Crippen LogP) is 0.249. The van der Waals surface area contributed by atoms with Gasteiger partial charge in [0.2, 0.25) is 0 Å². The number of hydrogen-bond donors (Lipinski definition) is 2. The largest absolute Gasteiger partial charge is 0.502 e. The first-order valence-electron chi connectivity index (χ1n) is 5.89. The molecule has 4 N–H and O–H groups in total. The van der Waals surface area contributed by atoms with Crippen LogP contribution in [0.25, 0.3) is 0 Å². The first-order valence-corrected chi connectivity index (χ1v) is 5.89. The van der Waals surface area contributed by atoms with Gasteiger partial charge in [-0.2, -0.15) is 0 Å². The van der Waals surface area contributed by atoms with Crippen molar-refractivity contribution in [3.63, 3.8) is 0 Å². The molecular formula is C11H19BN4O2. The van der Waals surface area contributed by atoms with E-state index < -0.39 is 18.3 Å². The van der Waals surface area contributed by atoms with Crippen molar-refractivity contribution in [1.82, 2.24) is 9.97 Å². The number of anilines is 2. The van der Waals surface area contributed by atoms with E-state index in [1.165, 1.54) is 0 Å². The molecule has 1 aliphatic rings. The molecule has 18 heavy (non-hydrogen) atoms. The molecule has 6 nitrogen and oxygen atoms in total. The Morgan fingerprint density at radius 2 is 1.33 bits per heavy atom. The molecule has 1 aromatic heterocycles. The van der Waals surface area contributed by atoms with E-state index in [9.17, 15) is 0 Å². The van der Waals surface area contributed by atoms with Crippen LogP contribution in [0, 0.1) is 6.92 Å². The number of nitrogens with two attached hydrogens (primary N) is 2. The van der Waals surface area contributed by atoms with Gasteiger partial charge >= 0.3 is 7.12 Å². The van der Waals surface area contributed by atoms with Crippen LogP contribution in [0.4, 0.5) is 11.6 Å². The van der Waals surface area contributed by atoms with Gasteiger partial charge in [-0.25, -0.2) is 9.97 Å². The maximum Gasteiger partial charge on any atom is 0.502 e. The van der Waals surface area contributed by atoms with Gasteiger partial charge in [-0.05, 0) is 34.6 Å². The molecular weight excluding hydrogens is 231 g/mol. The van der Waals surface area contributed by atoms with E-state index in [0.717, 1.165) is 0 Å². The lowest BCUT2D eigenvalue weighted by atomic mass is 9.79. The van der Waals surface area contributed by atoms with Crippen LogP contribution >= 0.6 is 0 Å². The number of aryl methyl sites for hydroxylation is 1. The Morgan fingerprint density at radius 3 is 1.72 bits per heavy atom. The molecule has 0 bridgehead atoms. The first-order chi connectivity index (χ1) is 8.14. The Morgan fingerprint density at radius 1 is 0.944 bits per heavy atom. The normalized spacial score (nSPS) is 21.3. The molecule has 0 atom stereocenters. The minimum Gasteiger partial charge on any atom is -0.399 e. The number of rotatable bonds is 1. The Bertz CT molecular complexity index is 451. The smallest absolute Gasteiger partial charge is 0.399 e. The minimum absolute atomic E-state index is 0.304. The molecule has 0 aliphatic carbocycles. The fraction of sp³-hybridized carbons (Fsp3) is 0.636. The van der Waals surface area contributed by atoms with E-state index in [4.69, 9.17) is 20.8 Å². The van der Waals surface area contributed by atoms with Crippen LogP contribution in [-0.2, 0) is 9.31 Å². The number of aromatic nitrogens is 2. The average Bonchev–Trinajstić information content (AvgIpc) is 2.32. The molecule has 98 valence electrons. The van der Waals surface area contributed by atoms with Crippen LogP contribution < -0.4 is 16.9 Å². The van der Waals surface area contributed by atoms with Crippen molar-refractivity contribution in [3.8, 4) is 0 Å². The molecule has 0 unspecified atom stereocenters. The van der Waals surface area contributed by atoms with Gasteiger partial charge in [-0.3, -0.25) is 0 Å². The molecule has 1 aliphatic heterocycles. The summed E-state index contributed by atoms with van der Waals surface area (Å²) in [5.41, 5.74) is 11.4. The lowest BCUT2D eigenvalue weighted by Crippen LogP contribution is -2.41. The van der Waals surface area contributed by atoms with Crippen LogP contribution in [-0.4, -0.2) is 28.3 Å². The highest BCUT2D eigenvalue weighted by molar-refractivity contribution is 6.65. The van der Waals surface area contributed by atoms with E-state index in [0.29, 0.717) is 22.9 Å². The second-order valence-electron chi connectivity index (χ2n) is 5.54. The molecule has 1 aromatic rings. The number of nitrogen functional groups attached to an aromatic ring is 2.